The van der Waals surface area contributed by atoms with Gasteiger partial charge in [-0.05, 0) is 48.9 Å². The molecular formula is C15H17ClN2O2. The van der Waals surface area contributed by atoms with Gasteiger partial charge >= 0.3 is 0 Å². The number of ether oxygens (including phenoxy) is 1. The fourth-order valence-corrected chi connectivity index (χ4v) is 2.63. The Morgan fingerprint density at radius 2 is 1.90 bits per heavy atom. The van der Waals surface area contributed by atoms with E-state index in [2.05, 4.69) is 22.3 Å². The molecule has 4 nitrogen and oxygen atoms in total. The highest BCUT2D eigenvalue weighted by atomic mass is 35.5. The van der Waals surface area contributed by atoms with Crippen molar-refractivity contribution < 1.29 is 9.15 Å². The number of fused-ring (bicyclic) bond motifs is 1. The van der Waals surface area contributed by atoms with Gasteiger partial charge in [-0.1, -0.05) is 6.07 Å². The second-order valence-corrected chi connectivity index (χ2v) is 5.33. The number of aryl methyl sites for hydroxylation is 3. The third-order valence-corrected chi connectivity index (χ3v) is 3.69. The van der Waals surface area contributed by atoms with Crippen molar-refractivity contribution in [2.24, 2.45) is 0 Å². The van der Waals surface area contributed by atoms with E-state index in [0.717, 1.165) is 12.2 Å². The summed E-state index contributed by atoms with van der Waals surface area (Å²) < 4.78 is 11.1. The highest BCUT2D eigenvalue weighted by molar-refractivity contribution is 6.17. The monoisotopic (exact) mass is 292 g/mol. The van der Waals surface area contributed by atoms with Crippen LogP contribution >= 0.6 is 11.6 Å². The molecule has 1 aromatic carbocycles. The van der Waals surface area contributed by atoms with Gasteiger partial charge < -0.3 is 9.15 Å². The molecule has 0 aliphatic heterocycles. The van der Waals surface area contributed by atoms with Gasteiger partial charge in [0, 0.05) is 12.3 Å². The SMILES string of the molecule is ClCCc1nnc(COc2ccc3c(c2)CCCC3)o1. The summed E-state index contributed by atoms with van der Waals surface area (Å²) in [5.74, 6) is 2.39. The van der Waals surface area contributed by atoms with E-state index in [1.165, 1.54) is 30.4 Å². The lowest BCUT2D eigenvalue weighted by Crippen LogP contribution is -2.03. The summed E-state index contributed by atoms with van der Waals surface area (Å²) in [6, 6.07) is 6.31. The molecule has 20 heavy (non-hydrogen) atoms. The second kappa shape index (κ2) is 6.27. The molecule has 0 unspecified atom stereocenters. The van der Waals surface area contributed by atoms with Gasteiger partial charge in [0.1, 0.15) is 5.75 Å². The Morgan fingerprint density at radius 1 is 1.10 bits per heavy atom. The largest absolute Gasteiger partial charge is 0.484 e. The molecule has 2 aromatic rings. The predicted molar refractivity (Wildman–Crippen MR) is 76.1 cm³/mol. The first-order chi connectivity index (χ1) is 9.85. The molecular weight excluding hydrogens is 276 g/mol. The Kier molecular flexibility index (Phi) is 4.21. The minimum absolute atomic E-state index is 0.300. The number of nitrogens with zero attached hydrogens (tertiary/aromatic N) is 2. The van der Waals surface area contributed by atoms with Crippen LogP contribution in [0.4, 0.5) is 0 Å². The van der Waals surface area contributed by atoms with Crippen molar-refractivity contribution in [3.63, 3.8) is 0 Å². The normalized spacial score (nSPS) is 14.1. The Morgan fingerprint density at radius 3 is 2.75 bits per heavy atom. The maximum absolute atomic E-state index is 5.72. The lowest BCUT2D eigenvalue weighted by atomic mass is 9.92. The number of alkyl halides is 1. The lowest BCUT2D eigenvalue weighted by Gasteiger charge is -2.16. The van der Waals surface area contributed by atoms with Gasteiger partial charge in [0.25, 0.3) is 5.89 Å². The van der Waals surface area contributed by atoms with E-state index < -0.39 is 0 Å². The molecule has 0 saturated carbocycles. The van der Waals surface area contributed by atoms with Crippen LogP contribution in [0.2, 0.25) is 0 Å². The number of aromatic nitrogens is 2. The van der Waals surface area contributed by atoms with Crippen molar-refractivity contribution in [1.82, 2.24) is 10.2 Å². The molecule has 3 rings (SSSR count). The molecule has 0 fully saturated rings. The first-order valence-electron chi connectivity index (χ1n) is 6.97. The van der Waals surface area contributed by atoms with Crippen LogP contribution in [0.1, 0.15) is 35.7 Å². The Labute approximate surface area is 123 Å². The van der Waals surface area contributed by atoms with E-state index in [4.69, 9.17) is 20.8 Å². The third kappa shape index (κ3) is 3.12. The molecule has 106 valence electrons. The highest BCUT2D eigenvalue weighted by Crippen LogP contribution is 2.25. The Bertz CT molecular complexity index is 583. The quantitative estimate of drug-likeness (QED) is 0.793. The number of hydrogen-bond acceptors (Lipinski definition) is 4. The van der Waals surface area contributed by atoms with Crippen molar-refractivity contribution >= 4 is 11.6 Å². The van der Waals surface area contributed by atoms with Crippen LogP contribution in [0.5, 0.6) is 5.75 Å². The fraction of sp³-hybridized carbons (Fsp3) is 0.467. The number of rotatable bonds is 5. The van der Waals surface area contributed by atoms with Crippen LogP contribution in [0, 0.1) is 0 Å². The van der Waals surface area contributed by atoms with E-state index in [9.17, 15) is 0 Å². The Hall–Kier alpha value is -1.55. The van der Waals surface area contributed by atoms with Gasteiger partial charge in [-0.3, -0.25) is 0 Å². The maximum Gasteiger partial charge on any atom is 0.253 e. The average molecular weight is 293 g/mol. The van der Waals surface area contributed by atoms with Crippen molar-refractivity contribution in [2.45, 2.75) is 38.7 Å². The molecule has 0 atom stereocenters. The topological polar surface area (TPSA) is 48.2 Å². The molecule has 1 heterocycles. The number of hydrogen-bond donors (Lipinski definition) is 0. The molecule has 0 saturated heterocycles. The molecule has 5 heteroatoms. The van der Waals surface area contributed by atoms with Gasteiger partial charge in [-0.2, -0.15) is 0 Å². The second-order valence-electron chi connectivity index (χ2n) is 4.95. The van der Waals surface area contributed by atoms with Gasteiger partial charge in [-0.25, -0.2) is 0 Å². The standard InChI is InChI=1S/C15H17ClN2O2/c16-8-7-14-17-18-15(20-14)10-19-13-6-5-11-3-1-2-4-12(11)9-13/h5-6,9H,1-4,7-8,10H2. The zero-order valence-corrected chi connectivity index (χ0v) is 12.0. The van der Waals surface area contributed by atoms with E-state index in [1.807, 2.05) is 6.07 Å². The average Bonchev–Trinajstić information content (AvgIpc) is 2.93. The first kappa shape index (κ1) is 13.4. The molecule has 0 N–H and O–H groups in total. The lowest BCUT2D eigenvalue weighted by molar-refractivity contribution is 0.259. The summed E-state index contributed by atoms with van der Waals surface area (Å²) in [5.41, 5.74) is 2.85. The smallest absolute Gasteiger partial charge is 0.253 e. The molecule has 0 radical (unpaired) electrons. The zero-order chi connectivity index (χ0) is 13.8. The summed E-state index contributed by atoms with van der Waals surface area (Å²) in [6.45, 7) is 0.300. The number of benzene rings is 1. The zero-order valence-electron chi connectivity index (χ0n) is 11.3. The summed E-state index contributed by atoms with van der Waals surface area (Å²) in [4.78, 5) is 0. The minimum Gasteiger partial charge on any atom is -0.484 e. The molecule has 0 bridgehead atoms. The summed E-state index contributed by atoms with van der Waals surface area (Å²) in [7, 11) is 0. The van der Waals surface area contributed by atoms with E-state index in [0.29, 0.717) is 30.7 Å². The number of halogens is 1. The van der Waals surface area contributed by atoms with Crippen molar-refractivity contribution in [3.8, 4) is 5.75 Å². The molecule has 1 aromatic heterocycles. The molecule has 0 amide bonds. The van der Waals surface area contributed by atoms with Crippen LogP contribution in [0.3, 0.4) is 0 Å². The maximum atomic E-state index is 5.72. The summed E-state index contributed by atoms with van der Waals surface area (Å²) >= 11 is 5.63. The van der Waals surface area contributed by atoms with E-state index >= 15 is 0 Å². The van der Waals surface area contributed by atoms with E-state index in [-0.39, 0.29) is 0 Å². The summed E-state index contributed by atoms with van der Waals surface area (Å²) in [5, 5.41) is 7.84. The van der Waals surface area contributed by atoms with Gasteiger partial charge in [0.2, 0.25) is 5.89 Å². The van der Waals surface area contributed by atoms with Crippen molar-refractivity contribution in [1.29, 1.82) is 0 Å². The molecule has 1 aliphatic rings. The first-order valence-corrected chi connectivity index (χ1v) is 7.50. The van der Waals surface area contributed by atoms with Gasteiger partial charge in [0.15, 0.2) is 6.61 Å². The highest BCUT2D eigenvalue weighted by Gasteiger charge is 2.11. The van der Waals surface area contributed by atoms with Crippen LogP contribution < -0.4 is 4.74 Å². The molecule has 0 spiro atoms. The van der Waals surface area contributed by atoms with Gasteiger partial charge in [0.05, 0.1) is 0 Å². The Balaban J connectivity index is 1.62. The fourth-order valence-electron chi connectivity index (χ4n) is 2.47. The van der Waals surface area contributed by atoms with Gasteiger partial charge in [-0.15, -0.1) is 21.8 Å². The predicted octanol–water partition coefficient (Wildman–Crippen LogP) is 3.31. The van der Waals surface area contributed by atoms with Crippen molar-refractivity contribution in [3.05, 3.63) is 41.1 Å². The van der Waals surface area contributed by atoms with Crippen LogP contribution in [-0.4, -0.2) is 16.1 Å². The third-order valence-electron chi connectivity index (χ3n) is 3.50. The van der Waals surface area contributed by atoms with E-state index in [1.54, 1.807) is 0 Å². The molecule has 1 aliphatic carbocycles. The van der Waals surface area contributed by atoms with Crippen molar-refractivity contribution in [2.75, 3.05) is 5.88 Å². The minimum atomic E-state index is 0.300. The summed E-state index contributed by atoms with van der Waals surface area (Å²) in [6.07, 6.45) is 5.47. The van der Waals surface area contributed by atoms with Crippen LogP contribution in [0.25, 0.3) is 0 Å². The van der Waals surface area contributed by atoms with Crippen LogP contribution in [0.15, 0.2) is 22.6 Å². The van der Waals surface area contributed by atoms with Crippen LogP contribution in [-0.2, 0) is 25.9 Å².